The van der Waals surface area contributed by atoms with E-state index in [2.05, 4.69) is 9.82 Å². The van der Waals surface area contributed by atoms with Crippen molar-refractivity contribution in [2.45, 2.75) is 22.6 Å². The fourth-order valence-corrected chi connectivity index (χ4v) is 5.90. The molecular formula is C24H19F2N5O5S2. The smallest absolute Gasteiger partial charge is 0.269 e. The third kappa shape index (κ3) is 4.53. The van der Waals surface area contributed by atoms with Crippen LogP contribution in [0.25, 0.3) is 16.9 Å². The van der Waals surface area contributed by atoms with Crippen LogP contribution in [0.5, 0.6) is 0 Å². The van der Waals surface area contributed by atoms with Gasteiger partial charge in [0, 0.05) is 16.8 Å². The second-order valence-electron chi connectivity index (χ2n) is 8.54. The summed E-state index contributed by atoms with van der Waals surface area (Å²) in [6.45, 7) is 0. The standard InChI is InChI=1S/C24H19F2N5O5S2/c25-20-10-8-17(12-21(20)26)38(35,36)30-14-3-1-13-2-9-18-22(24(27)32)29-31(23(18)19(13)11-14)15-4-6-16(7-5-15)37(28,33)34/h1,3-8,10-12,30H,2,9H2,(H2,27,32)(H2,28,33,34). The zero-order chi connectivity index (χ0) is 27.4. The number of aryl methyl sites for hydroxylation is 1. The number of carbonyl (C=O) groups is 1. The van der Waals surface area contributed by atoms with Crippen LogP contribution < -0.4 is 15.6 Å². The summed E-state index contributed by atoms with van der Waals surface area (Å²) in [4.78, 5) is 11.6. The quantitative estimate of drug-likeness (QED) is 0.328. The van der Waals surface area contributed by atoms with Gasteiger partial charge in [0.05, 0.1) is 21.2 Å². The largest absolute Gasteiger partial charge is 0.364 e. The van der Waals surface area contributed by atoms with E-state index in [1.54, 1.807) is 6.07 Å². The number of hydrogen-bond donors (Lipinski definition) is 3. The minimum atomic E-state index is -4.27. The average molecular weight is 560 g/mol. The SMILES string of the molecule is NC(=O)c1nn(-c2ccc(S(N)(=O)=O)cc2)c2c1CCc1ccc(NS(=O)(=O)c3ccc(F)c(F)c3)cc1-2. The van der Waals surface area contributed by atoms with Gasteiger partial charge in [0.2, 0.25) is 10.0 Å². The van der Waals surface area contributed by atoms with Crippen molar-refractivity contribution in [3.63, 3.8) is 0 Å². The van der Waals surface area contributed by atoms with Crippen LogP contribution in [0.3, 0.4) is 0 Å². The number of hydrogen-bond acceptors (Lipinski definition) is 6. The number of nitrogens with zero attached hydrogens (tertiary/aromatic N) is 2. The van der Waals surface area contributed by atoms with E-state index >= 15 is 0 Å². The van der Waals surface area contributed by atoms with Crippen LogP contribution in [0.1, 0.15) is 21.6 Å². The van der Waals surface area contributed by atoms with E-state index in [4.69, 9.17) is 10.9 Å². The highest BCUT2D eigenvalue weighted by Gasteiger charge is 2.29. The topological polar surface area (TPSA) is 167 Å². The second-order valence-corrected chi connectivity index (χ2v) is 11.8. The summed E-state index contributed by atoms with van der Waals surface area (Å²) in [6.07, 6.45) is 0.935. The van der Waals surface area contributed by atoms with Gasteiger partial charge in [-0.3, -0.25) is 9.52 Å². The third-order valence-electron chi connectivity index (χ3n) is 6.09. The van der Waals surface area contributed by atoms with Gasteiger partial charge in [0.25, 0.3) is 15.9 Å². The summed E-state index contributed by atoms with van der Waals surface area (Å²) in [6, 6.07) is 12.5. The highest BCUT2D eigenvalue weighted by molar-refractivity contribution is 7.92. The molecule has 10 nitrogen and oxygen atoms in total. The number of amides is 1. The summed E-state index contributed by atoms with van der Waals surface area (Å²) in [5, 5.41) is 9.55. The minimum Gasteiger partial charge on any atom is -0.364 e. The van der Waals surface area contributed by atoms with Crippen LogP contribution in [0.2, 0.25) is 0 Å². The minimum absolute atomic E-state index is 0.0222. The Labute approximate surface area is 216 Å². The van der Waals surface area contributed by atoms with Gasteiger partial charge in [0.15, 0.2) is 17.3 Å². The molecule has 3 aromatic carbocycles. The van der Waals surface area contributed by atoms with E-state index in [9.17, 15) is 30.4 Å². The van der Waals surface area contributed by atoms with E-state index in [0.717, 1.165) is 11.6 Å². The first-order chi connectivity index (χ1) is 17.8. The molecule has 1 heterocycles. The maximum Gasteiger partial charge on any atom is 0.269 e. The lowest BCUT2D eigenvalue weighted by atomic mass is 9.88. The first-order valence-electron chi connectivity index (χ1n) is 11.0. The fraction of sp³-hybridized carbons (Fsp3) is 0.0833. The molecule has 5 N–H and O–H groups in total. The van der Waals surface area contributed by atoms with Crippen molar-refractivity contribution in [1.29, 1.82) is 0 Å². The zero-order valence-electron chi connectivity index (χ0n) is 19.4. The third-order valence-corrected chi connectivity index (χ3v) is 8.40. The predicted octanol–water partition coefficient (Wildman–Crippen LogP) is 2.46. The van der Waals surface area contributed by atoms with Gasteiger partial charge < -0.3 is 5.73 Å². The van der Waals surface area contributed by atoms with Crippen molar-refractivity contribution in [3.05, 3.63) is 89.1 Å². The molecule has 0 radical (unpaired) electrons. The van der Waals surface area contributed by atoms with Crippen LogP contribution in [-0.4, -0.2) is 32.5 Å². The molecule has 0 bridgehead atoms. The van der Waals surface area contributed by atoms with E-state index in [0.29, 0.717) is 47.5 Å². The molecular weight excluding hydrogens is 540 g/mol. The predicted molar refractivity (Wildman–Crippen MR) is 133 cm³/mol. The van der Waals surface area contributed by atoms with Crippen LogP contribution in [0.4, 0.5) is 14.5 Å². The van der Waals surface area contributed by atoms with Crippen LogP contribution in [0, 0.1) is 11.6 Å². The molecule has 14 heteroatoms. The number of benzene rings is 3. The molecule has 1 amide bonds. The molecule has 1 aliphatic rings. The molecule has 0 saturated carbocycles. The Morgan fingerprint density at radius 3 is 2.21 bits per heavy atom. The molecule has 0 spiro atoms. The van der Waals surface area contributed by atoms with Crippen LogP contribution in [0.15, 0.2) is 70.5 Å². The van der Waals surface area contributed by atoms with Crippen molar-refractivity contribution in [3.8, 4) is 16.9 Å². The number of primary amides is 1. The Kier molecular flexibility index (Phi) is 6.04. The van der Waals surface area contributed by atoms with Crippen molar-refractivity contribution in [1.82, 2.24) is 9.78 Å². The Hall–Kier alpha value is -4.14. The summed E-state index contributed by atoms with van der Waals surface area (Å²) in [5.74, 6) is -3.25. The van der Waals surface area contributed by atoms with Crippen molar-refractivity contribution in [2.75, 3.05) is 4.72 Å². The molecule has 0 unspecified atom stereocenters. The van der Waals surface area contributed by atoms with Gasteiger partial charge in [-0.15, -0.1) is 0 Å². The molecule has 1 aliphatic carbocycles. The summed E-state index contributed by atoms with van der Waals surface area (Å²) < 4.78 is 79.7. The Bertz CT molecular complexity index is 1840. The molecule has 0 fully saturated rings. The summed E-state index contributed by atoms with van der Waals surface area (Å²) >= 11 is 0. The Balaban J connectivity index is 1.62. The first kappa shape index (κ1) is 25.5. The van der Waals surface area contributed by atoms with Crippen LogP contribution >= 0.6 is 0 Å². The van der Waals surface area contributed by atoms with Crippen molar-refractivity contribution >= 4 is 31.6 Å². The maximum absolute atomic E-state index is 13.6. The lowest BCUT2D eigenvalue weighted by Crippen LogP contribution is -2.16. The number of anilines is 1. The number of rotatable bonds is 6. The molecule has 5 rings (SSSR count). The second kappa shape index (κ2) is 9.01. The number of aromatic nitrogens is 2. The van der Waals surface area contributed by atoms with Crippen LogP contribution in [-0.2, 0) is 32.9 Å². The van der Waals surface area contributed by atoms with Gasteiger partial charge in [0.1, 0.15) is 0 Å². The maximum atomic E-state index is 13.6. The number of sulfonamides is 2. The van der Waals surface area contributed by atoms with Gasteiger partial charge in [-0.2, -0.15) is 5.10 Å². The lowest BCUT2D eigenvalue weighted by Gasteiger charge is -2.20. The molecule has 0 atom stereocenters. The lowest BCUT2D eigenvalue weighted by molar-refractivity contribution is 0.0994. The number of primary sulfonamides is 1. The highest BCUT2D eigenvalue weighted by Crippen LogP contribution is 2.38. The number of nitrogens with two attached hydrogens (primary N) is 2. The first-order valence-corrected chi connectivity index (χ1v) is 14.0. The van der Waals surface area contributed by atoms with E-state index < -0.39 is 42.5 Å². The summed E-state index contributed by atoms with van der Waals surface area (Å²) in [7, 11) is -8.21. The number of nitrogens with one attached hydrogen (secondary N) is 1. The highest BCUT2D eigenvalue weighted by atomic mass is 32.2. The molecule has 0 aliphatic heterocycles. The van der Waals surface area contributed by atoms with Gasteiger partial charge >= 0.3 is 0 Å². The fourth-order valence-electron chi connectivity index (χ4n) is 4.32. The monoisotopic (exact) mass is 559 g/mol. The van der Waals surface area contributed by atoms with E-state index in [1.807, 2.05) is 0 Å². The Morgan fingerprint density at radius 1 is 0.895 bits per heavy atom. The van der Waals surface area contributed by atoms with Gasteiger partial charge in [-0.1, -0.05) is 6.07 Å². The normalized spacial score (nSPS) is 13.0. The average Bonchev–Trinajstić information content (AvgIpc) is 3.25. The van der Waals surface area contributed by atoms with Gasteiger partial charge in [-0.05, 0) is 73.0 Å². The summed E-state index contributed by atoms with van der Waals surface area (Å²) in [5.41, 5.74) is 8.51. The van der Waals surface area contributed by atoms with Crippen molar-refractivity contribution in [2.24, 2.45) is 10.9 Å². The van der Waals surface area contributed by atoms with E-state index in [1.165, 1.54) is 41.1 Å². The van der Waals surface area contributed by atoms with E-state index in [-0.39, 0.29) is 16.3 Å². The zero-order valence-corrected chi connectivity index (χ0v) is 21.0. The van der Waals surface area contributed by atoms with Crippen molar-refractivity contribution < 1.29 is 30.4 Å². The van der Waals surface area contributed by atoms with Gasteiger partial charge in [-0.25, -0.2) is 35.4 Å². The molecule has 38 heavy (non-hydrogen) atoms. The Morgan fingerprint density at radius 2 is 1.58 bits per heavy atom. The molecule has 4 aromatic rings. The molecule has 1 aromatic heterocycles. The molecule has 196 valence electrons. The number of fused-ring (bicyclic) bond motifs is 3. The number of halogens is 2. The molecule has 0 saturated heterocycles. The number of carbonyl (C=O) groups excluding carboxylic acids is 1.